The molecule has 2 heterocycles. The number of nitrogens with one attached hydrogen (secondary N) is 1. The average molecular weight is 315 g/mol. The molecule has 0 bridgehead atoms. The molecule has 6 heteroatoms. The predicted octanol–water partition coefficient (Wildman–Crippen LogP) is 2.40. The SMILES string of the molecule is COc1ccc2c(c1)c(CCNC(=O)c1cccs1)cn2N. The van der Waals surface area contributed by atoms with Crippen LogP contribution in [0.5, 0.6) is 5.75 Å². The highest BCUT2D eigenvalue weighted by Gasteiger charge is 2.10. The molecule has 22 heavy (non-hydrogen) atoms. The molecule has 3 N–H and O–H groups in total. The van der Waals surface area contributed by atoms with Gasteiger partial charge in [0.1, 0.15) is 5.75 Å². The van der Waals surface area contributed by atoms with Crippen molar-refractivity contribution in [3.63, 3.8) is 0 Å². The number of nitrogens with zero attached hydrogens (tertiary/aromatic N) is 1. The van der Waals surface area contributed by atoms with Gasteiger partial charge < -0.3 is 15.9 Å². The number of nitrogen functional groups attached to an aromatic ring is 1. The van der Waals surface area contributed by atoms with Gasteiger partial charge in [-0.1, -0.05) is 6.07 Å². The van der Waals surface area contributed by atoms with Gasteiger partial charge in [0, 0.05) is 18.1 Å². The summed E-state index contributed by atoms with van der Waals surface area (Å²) in [6.07, 6.45) is 2.60. The van der Waals surface area contributed by atoms with Crippen LogP contribution in [0.4, 0.5) is 0 Å². The molecule has 0 spiro atoms. The number of carbonyl (C=O) groups is 1. The van der Waals surface area contributed by atoms with Crippen molar-refractivity contribution in [2.45, 2.75) is 6.42 Å². The van der Waals surface area contributed by atoms with E-state index in [4.69, 9.17) is 10.6 Å². The van der Waals surface area contributed by atoms with E-state index >= 15 is 0 Å². The van der Waals surface area contributed by atoms with Gasteiger partial charge in [0.05, 0.1) is 17.5 Å². The number of thiophene rings is 1. The number of hydrogen-bond acceptors (Lipinski definition) is 4. The molecule has 0 aliphatic carbocycles. The van der Waals surface area contributed by atoms with Gasteiger partial charge in [-0.25, -0.2) is 0 Å². The summed E-state index contributed by atoms with van der Waals surface area (Å²) in [5.74, 6) is 6.72. The summed E-state index contributed by atoms with van der Waals surface area (Å²) in [5, 5.41) is 5.87. The van der Waals surface area contributed by atoms with Crippen molar-refractivity contribution in [3.8, 4) is 5.75 Å². The Balaban J connectivity index is 1.72. The van der Waals surface area contributed by atoms with Crippen LogP contribution in [0.3, 0.4) is 0 Å². The van der Waals surface area contributed by atoms with Gasteiger partial charge in [-0.15, -0.1) is 11.3 Å². The van der Waals surface area contributed by atoms with E-state index in [1.165, 1.54) is 11.3 Å². The fraction of sp³-hybridized carbons (Fsp3) is 0.188. The molecule has 1 aromatic carbocycles. The molecule has 3 rings (SSSR count). The molecule has 0 saturated heterocycles. The third-order valence-corrected chi connectivity index (χ3v) is 4.42. The molecule has 3 aromatic rings. The molecule has 2 aromatic heterocycles. The first-order chi connectivity index (χ1) is 10.7. The van der Waals surface area contributed by atoms with Crippen molar-refractivity contribution in [3.05, 3.63) is 52.3 Å². The van der Waals surface area contributed by atoms with Gasteiger partial charge in [0.2, 0.25) is 0 Å². The fourth-order valence-corrected chi connectivity index (χ4v) is 3.08. The molecule has 5 nitrogen and oxygen atoms in total. The number of carbonyl (C=O) groups excluding carboxylic acids is 1. The third kappa shape index (κ3) is 2.78. The molecule has 0 fully saturated rings. The maximum absolute atomic E-state index is 11.9. The first-order valence-corrected chi connectivity index (χ1v) is 7.82. The lowest BCUT2D eigenvalue weighted by Gasteiger charge is -2.04. The fourth-order valence-electron chi connectivity index (χ4n) is 2.44. The van der Waals surface area contributed by atoms with Gasteiger partial charge in [0.25, 0.3) is 5.91 Å². The van der Waals surface area contributed by atoms with Crippen molar-refractivity contribution < 1.29 is 9.53 Å². The third-order valence-electron chi connectivity index (χ3n) is 3.55. The van der Waals surface area contributed by atoms with Gasteiger partial charge in [-0.2, -0.15) is 0 Å². The highest BCUT2D eigenvalue weighted by molar-refractivity contribution is 7.12. The first kappa shape index (κ1) is 14.5. The van der Waals surface area contributed by atoms with Gasteiger partial charge in [-0.3, -0.25) is 9.47 Å². The molecule has 0 aliphatic heterocycles. The van der Waals surface area contributed by atoms with Crippen LogP contribution in [0.15, 0.2) is 41.9 Å². The van der Waals surface area contributed by atoms with E-state index < -0.39 is 0 Å². The van der Waals surface area contributed by atoms with Crippen LogP contribution in [0.25, 0.3) is 10.9 Å². The van der Waals surface area contributed by atoms with Crippen LogP contribution in [-0.2, 0) is 6.42 Å². The molecule has 0 saturated carbocycles. The summed E-state index contributed by atoms with van der Waals surface area (Å²) in [6.45, 7) is 0.563. The van der Waals surface area contributed by atoms with E-state index in [1.807, 2.05) is 41.9 Å². The zero-order valence-electron chi connectivity index (χ0n) is 12.2. The highest BCUT2D eigenvalue weighted by Crippen LogP contribution is 2.25. The minimum absolute atomic E-state index is 0.0379. The lowest BCUT2D eigenvalue weighted by Crippen LogP contribution is -2.24. The van der Waals surface area contributed by atoms with Crippen LogP contribution in [0, 0.1) is 0 Å². The van der Waals surface area contributed by atoms with E-state index in [-0.39, 0.29) is 5.91 Å². The molecular formula is C16H17N3O2S. The van der Waals surface area contributed by atoms with Gasteiger partial charge in [-0.05, 0) is 41.6 Å². The minimum Gasteiger partial charge on any atom is -0.497 e. The lowest BCUT2D eigenvalue weighted by atomic mass is 10.1. The van der Waals surface area contributed by atoms with Crippen LogP contribution in [0.2, 0.25) is 0 Å². The summed E-state index contributed by atoms with van der Waals surface area (Å²) < 4.78 is 6.86. The number of methoxy groups -OCH3 is 1. The largest absolute Gasteiger partial charge is 0.497 e. The number of aromatic nitrogens is 1. The lowest BCUT2D eigenvalue weighted by molar-refractivity contribution is 0.0958. The number of rotatable bonds is 5. The number of amides is 1. The molecule has 0 radical (unpaired) electrons. The van der Waals surface area contributed by atoms with Crippen molar-refractivity contribution >= 4 is 28.1 Å². The van der Waals surface area contributed by atoms with Crippen molar-refractivity contribution in [2.75, 3.05) is 19.5 Å². The second kappa shape index (κ2) is 6.11. The number of fused-ring (bicyclic) bond motifs is 1. The van der Waals surface area contributed by atoms with Gasteiger partial charge in [0.15, 0.2) is 0 Å². The van der Waals surface area contributed by atoms with Crippen LogP contribution < -0.4 is 15.9 Å². The van der Waals surface area contributed by atoms with Crippen LogP contribution in [-0.4, -0.2) is 24.2 Å². The van der Waals surface area contributed by atoms with Crippen LogP contribution >= 0.6 is 11.3 Å². The Kier molecular flexibility index (Phi) is 4.02. The molecule has 0 aliphatic rings. The minimum atomic E-state index is -0.0379. The second-order valence-electron chi connectivity index (χ2n) is 4.93. The highest BCUT2D eigenvalue weighted by atomic mass is 32.1. The maximum atomic E-state index is 11.9. The number of benzene rings is 1. The molecular weight excluding hydrogens is 298 g/mol. The topological polar surface area (TPSA) is 69.3 Å². The Morgan fingerprint density at radius 1 is 1.41 bits per heavy atom. The summed E-state index contributed by atoms with van der Waals surface area (Å²) in [7, 11) is 1.64. The number of nitrogens with two attached hydrogens (primary N) is 1. The predicted molar refractivity (Wildman–Crippen MR) is 89.0 cm³/mol. The Bertz CT molecular complexity index is 793. The summed E-state index contributed by atoms with van der Waals surface area (Å²) >= 11 is 1.44. The van der Waals surface area contributed by atoms with E-state index in [1.54, 1.807) is 11.8 Å². The van der Waals surface area contributed by atoms with E-state index in [2.05, 4.69) is 5.32 Å². The Morgan fingerprint density at radius 3 is 3.00 bits per heavy atom. The first-order valence-electron chi connectivity index (χ1n) is 6.94. The van der Waals surface area contributed by atoms with Crippen molar-refractivity contribution in [1.82, 2.24) is 9.99 Å². The summed E-state index contributed by atoms with van der Waals surface area (Å²) in [6, 6.07) is 9.47. The smallest absolute Gasteiger partial charge is 0.261 e. The summed E-state index contributed by atoms with van der Waals surface area (Å²) in [4.78, 5) is 12.6. The molecule has 114 valence electrons. The van der Waals surface area contributed by atoms with Crippen LogP contribution in [0.1, 0.15) is 15.2 Å². The molecule has 0 unspecified atom stereocenters. The number of ether oxygens (including phenoxy) is 1. The monoisotopic (exact) mass is 315 g/mol. The average Bonchev–Trinajstić information content (AvgIpc) is 3.16. The second-order valence-corrected chi connectivity index (χ2v) is 5.88. The molecule has 0 atom stereocenters. The van der Waals surface area contributed by atoms with Crippen molar-refractivity contribution in [1.29, 1.82) is 0 Å². The zero-order chi connectivity index (χ0) is 15.5. The summed E-state index contributed by atoms with van der Waals surface area (Å²) in [5.41, 5.74) is 2.03. The maximum Gasteiger partial charge on any atom is 0.261 e. The molecule has 1 amide bonds. The standard InChI is InChI=1S/C16H17N3O2S/c1-21-12-4-5-14-13(9-12)11(10-19(14)17)6-7-18-16(20)15-3-2-8-22-15/h2-5,8-10H,6-7,17H2,1H3,(H,18,20). The normalized spacial score (nSPS) is 10.8. The Labute approximate surface area is 132 Å². The Hall–Kier alpha value is -2.47. The van der Waals surface area contributed by atoms with Crippen molar-refractivity contribution in [2.24, 2.45) is 0 Å². The van der Waals surface area contributed by atoms with Gasteiger partial charge >= 0.3 is 0 Å². The number of hydrogen-bond donors (Lipinski definition) is 2. The Morgan fingerprint density at radius 2 is 2.27 bits per heavy atom. The quantitative estimate of drug-likeness (QED) is 0.710. The zero-order valence-corrected chi connectivity index (χ0v) is 13.0. The van der Waals surface area contributed by atoms with E-state index in [0.29, 0.717) is 13.0 Å². The van der Waals surface area contributed by atoms with E-state index in [9.17, 15) is 4.79 Å². The van der Waals surface area contributed by atoms with E-state index in [0.717, 1.165) is 27.1 Å².